The summed E-state index contributed by atoms with van der Waals surface area (Å²) in [5, 5.41) is 17.6. The molecule has 174 valence electrons. The van der Waals surface area contributed by atoms with Gasteiger partial charge in [-0.25, -0.2) is 14.8 Å². The molecule has 1 saturated heterocycles. The highest BCUT2D eigenvalue weighted by molar-refractivity contribution is 7.22. The van der Waals surface area contributed by atoms with Crippen LogP contribution in [0.15, 0.2) is 33.9 Å². The first-order chi connectivity index (χ1) is 15.9. The molecule has 2 aromatic rings. The molecule has 1 aromatic heterocycles. The molecule has 1 aliphatic carbocycles. The van der Waals surface area contributed by atoms with Crippen molar-refractivity contribution in [3.05, 3.63) is 34.5 Å². The summed E-state index contributed by atoms with van der Waals surface area (Å²) in [5.74, 6) is -1.09. The molecule has 1 saturated carbocycles. The smallest absolute Gasteiger partial charge is 0.337 e. The molecule has 1 aromatic carbocycles. The fourth-order valence-corrected chi connectivity index (χ4v) is 5.83. The number of thiazole rings is 1. The molecule has 10 heteroatoms. The van der Waals surface area contributed by atoms with Crippen LogP contribution in [0.2, 0.25) is 0 Å². The lowest BCUT2D eigenvalue weighted by Gasteiger charge is -2.39. The van der Waals surface area contributed by atoms with Crippen molar-refractivity contribution < 1.29 is 14.7 Å². The number of rotatable bonds is 7. The quantitative estimate of drug-likeness (QED) is 0.516. The molecule has 0 bridgehead atoms. The Balaban J connectivity index is 1.31. The number of hydrogen-bond donors (Lipinski definition) is 3. The van der Waals surface area contributed by atoms with E-state index in [9.17, 15) is 14.7 Å². The summed E-state index contributed by atoms with van der Waals surface area (Å²) in [5.41, 5.74) is 2.46. The number of carbonyl (C=O) groups excluding carboxylic acids is 1. The van der Waals surface area contributed by atoms with Crippen LogP contribution in [0.4, 0.5) is 5.13 Å². The van der Waals surface area contributed by atoms with Gasteiger partial charge < -0.3 is 20.6 Å². The van der Waals surface area contributed by atoms with Crippen molar-refractivity contribution >= 4 is 55.9 Å². The summed E-state index contributed by atoms with van der Waals surface area (Å²) in [6, 6.07) is 5.71. The number of fused-ring (bicyclic) bond motifs is 1. The number of halogens is 1. The molecule has 2 fully saturated rings. The van der Waals surface area contributed by atoms with Crippen molar-refractivity contribution in [3.63, 3.8) is 0 Å². The lowest BCUT2D eigenvalue weighted by atomic mass is 9.98. The highest BCUT2D eigenvalue weighted by Gasteiger charge is 2.36. The van der Waals surface area contributed by atoms with Crippen LogP contribution in [0.3, 0.4) is 0 Å². The number of piperidine rings is 1. The van der Waals surface area contributed by atoms with Crippen molar-refractivity contribution in [2.45, 2.75) is 57.2 Å². The van der Waals surface area contributed by atoms with Crippen molar-refractivity contribution in [3.8, 4) is 0 Å². The first-order valence-corrected chi connectivity index (χ1v) is 12.5. The molecular formula is C23H26ClN5O3S. The fourth-order valence-electron chi connectivity index (χ4n) is 4.43. The first-order valence-electron chi connectivity index (χ1n) is 11.3. The standard InChI is InChI=1S/C23H26ClN5O3S/c1-2-12-10-17(26-20(12)24)21(30)27-15-8-9-29(11-18(15)25-13-6-7-13)23-28-16-5-3-4-14(22(31)32)19(16)33-23/h3-5,13,15,18,25H,2,6-11H2,1H3,(H,27,30)(H,31,32)/t15-,18+/m1/s1. The molecule has 8 nitrogen and oxygen atoms in total. The van der Waals surface area contributed by atoms with Crippen molar-refractivity contribution in [1.29, 1.82) is 0 Å². The molecule has 2 atom stereocenters. The van der Waals surface area contributed by atoms with Crippen LogP contribution in [0, 0.1) is 0 Å². The van der Waals surface area contributed by atoms with Crippen LogP contribution in [-0.4, -0.2) is 58.9 Å². The molecule has 3 aliphatic rings. The summed E-state index contributed by atoms with van der Waals surface area (Å²) >= 11 is 7.58. The van der Waals surface area contributed by atoms with Gasteiger partial charge >= 0.3 is 5.97 Å². The van der Waals surface area contributed by atoms with Crippen molar-refractivity contribution in [2.75, 3.05) is 18.0 Å². The third-order valence-electron chi connectivity index (χ3n) is 6.46. The largest absolute Gasteiger partial charge is 0.478 e. The first kappa shape index (κ1) is 22.3. The van der Waals surface area contributed by atoms with E-state index in [0.29, 0.717) is 40.1 Å². The average Bonchev–Trinajstić information content (AvgIpc) is 3.36. The van der Waals surface area contributed by atoms with E-state index in [0.717, 1.165) is 42.9 Å². The molecular weight excluding hydrogens is 462 g/mol. The molecule has 3 heterocycles. The van der Waals surface area contributed by atoms with Gasteiger partial charge in [-0.3, -0.25) is 4.79 Å². The van der Waals surface area contributed by atoms with Crippen LogP contribution in [0.25, 0.3) is 10.2 Å². The zero-order valence-electron chi connectivity index (χ0n) is 18.3. The Hall–Kier alpha value is -2.49. The number of anilines is 1. The van der Waals surface area contributed by atoms with E-state index in [1.165, 1.54) is 11.3 Å². The van der Waals surface area contributed by atoms with E-state index in [1.807, 2.05) is 13.0 Å². The summed E-state index contributed by atoms with van der Waals surface area (Å²) in [6.45, 7) is 3.43. The van der Waals surface area contributed by atoms with Gasteiger partial charge in [0.1, 0.15) is 10.9 Å². The summed E-state index contributed by atoms with van der Waals surface area (Å²) in [4.78, 5) is 35.7. The number of aromatic carboxylic acids is 1. The summed E-state index contributed by atoms with van der Waals surface area (Å²) in [7, 11) is 0. The molecule has 5 rings (SSSR count). The third-order valence-corrected chi connectivity index (χ3v) is 7.97. The Labute approximate surface area is 200 Å². The van der Waals surface area contributed by atoms with Gasteiger partial charge in [0, 0.05) is 37.6 Å². The van der Waals surface area contributed by atoms with Gasteiger partial charge in [0.15, 0.2) is 5.13 Å². The van der Waals surface area contributed by atoms with Crippen LogP contribution >= 0.6 is 22.9 Å². The number of amides is 1. The van der Waals surface area contributed by atoms with E-state index in [-0.39, 0.29) is 23.6 Å². The van der Waals surface area contributed by atoms with Gasteiger partial charge in [-0.2, -0.15) is 0 Å². The Morgan fingerprint density at radius 1 is 1.27 bits per heavy atom. The Morgan fingerprint density at radius 2 is 2.09 bits per heavy atom. The van der Waals surface area contributed by atoms with E-state index in [2.05, 4.69) is 20.5 Å². The topological polar surface area (TPSA) is 107 Å². The van der Waals surface area contributed by atoms with E-state index in [1.54, 1.807) is 12.1 Å². The molecule has 2 aliphatic heterocycles. The Morgan fingerprint density at radius 3 is 2.79 bits per heavy atom. The molecule has 0 unspecified atom stereocenters. The third kappa shape index (κ3) is 4.62. The van der Waals surface area contributed by atoms with Crippen LogP contribution in [0.1, 0.15) is 49.4 Å². The van der Waals surface area contributed by atoms with Gasteiger partial charge in [-0.05, 0) is 43.4 Å². The zero-order valence-corrected chi connectivity index (χ0v) is 19.9. The Bertz CT molecular complexity index is 1170. The number of aromatic nitrogens is 1. The predicted molar refractivity (Wildman–Crippen MR) is 131 cm³/mol. The number of benzene rings is 1. The maximum absolute atomic E-state index is 12.9. The summed E-state index contributed by atoms with van der Waals surface area (Å²) < 4.78 is 0.692. The fraction of sp³-hybridized carbons (Fsp3) is 0.478. The lowest BCUT2D eigenvalue weighted by Crippen LogP contribution is -2.60. The zero-order chi connectivity index (χ0) is 23.1. The minimum Gasteiger partial charge on any atom is -0.478 e. The van der Waals surface area contributed by atoms with Crippen LogP contribution < -0.4 is 15.5 Å². The molecule has 1 amide bonds. The summed E-state index contributed by atoms with van der Waals surface area (Å²) in [6.07, 6.45) is 4.35. The van der Waals surface area contributed by atoms with Gasteiger partial charge in [0.2, 0.25) is 0 Å². The maximum atomic E-state index is 12.9. The molecule has 0 radical (unpaired) electrons. The molecule has 33 heavy (non-hydrogen) atoms. The van der Waals surface area contributed by atoms with Crippen LogP contribution in [0.5, 0.6) is 0 Å². The minimum absolute atomic E-state index is 0.0227. The molecule has 3 N–H and O–H groups in total. The van der Waals surface area contributed by atoms with E-state index < -0.39 is 5.97 Å². The highest BCUT2D eigenvalue weighted by atomic mass is 35.5. The second kappa shape index (κ2) is 9.04. The number of allylic oxidation sites excluding steroid dienone is 1. The van der Waals surface area contributed by atoms with Crippen molar-refractivity contribution in [2.24, 2.45) is 4.99 Å². The SMILES string of the molecule is CCC1=C(Cl)N=C(C(=O)N[C@@H]2CCN(c3nc4cccc(C(=O)O)c4s3)C[C@@H]2NC2CC2)C1. The maximum Gasteiger partial charge on any atom is 0.337 e. The second-order valence-electron chi connectivity index (χ2n) is 8.80. The van der Waals surface area contributed by atoms with E-state index in [4.69, 9.17) is 16.6 Å². The monoisotopic (exact) mass is 487 g/mol. The number of carboxylic acids is 1. The lowest BCUT2D eigenvalue weighted by molar-refractivity contribution is -0.115. The van der Waals surface area contributed by atoms with Gasteiger partial charge in [-0.15, -0.1) is 0 Å². The highest BCUT2D eigenvalue weighted by Crippen LogP contribution is 2.33. The average molecular weight is 488 g/mol. The van der Waals surface area contributed by atoms with Crippen molar-refractivity contribution in [1.82, 2.24) is 15.6 Å². The number of nitrogens with zero attached hydrogens (tertiary/aromatic N) is 3. The van der Waals surface area contributed by atoms with Gasteiger partial charge in [0.25, 0.3) is 5.91 Å². The minimum atomic E-state index is -0.943. The Kier molecular flexibility index (Phi) is 6.11. The number of carboxylic acid groups (broad SMARTS) is 1. The van der Waals surface area contributed by atoms with Gasteiger partial charge in [0.05, 0.1) is 15.8 Å². The number of nitrogens with one attached hydrogen (secondary N) is 2. The van der Waals surface area contributed by atoms with Gasteiger partial charge in [-0.1, -0.05) is 35.9 Å². The van der Waals surface area contributed by atoms with E-state index >= 15 is 0 Å². The number of carbonyl (C=O) groups is 2. The normalized spacial score (nSPS) is 23.2. The number of aliphatic imine (C=N–C) groups is 1. The molecule has 0 spiro atoms. The van der Waals surface area contributed by atoms with Crippen LogP contribution in [-0.2, 0) is 4.79 Å². The second-order valence-corrected chi connectivity index (χ2v) is 10.1. The predicted octanol–water partition coefficient (Wildman–Crippen LogP) is 3.52. The number of hydrogen-bond acceptors (Lipinski definition) is 7.